The van der Waals surface area contributed by atoms with Crippen molar-refractivity contribution >= 4 is 12.1 Å². The fourth-order valence-corrected chi connectivity index (χ4v) is 1.73. The molecule has 0 aliphatic carbocycles. The molecular formula is C13H23NO4. The van der Waals surface area contributed by atoms with Crippen LogP contribution in [0.4, 0.5) is 4.79 Å². The van der Waals surface area contributed by atoms with Crippen LogP contribution in [0.25, 0.3) is 0 Å². The van der Waals surface area contributed by atoms with Gasteiger partial charge < -0.3 is 15.2 Å². The Bertz CT molecular complexity index is 266. The number of carbonyl (C=O) groups excluding carboxylic acids is 1. The number of amides is 1. The zero-order valence-electron chi connectivity index (χ0n) is 11.0. The molecule has 0 aliphatic heterocycles. The number of rotatable bonds is 10. The van der Waals surface area contributed by atoms with Crippen molar-refractivity contribution in [2.24, 2.45) is 5.92 Å². The van der Waals surface area contributed by atoms with Crippen LogP contribution in [0, 0.1) is 5.92 Å². The van der Waals surface area contributed by atoms with Gasteiger partial charge in [-0.25, -0.2) is 4.79 Å². The van der Waals surface area contributed by atoms with Crippen molar-refractivity contribution in [3.8, 4) is 0 Å². The molecule has 0 radical (unpaired) electrons. The molecule has 0 saturated carbocycles. The lowest BCUT2D eigenvalue weighted by molar-refractivity contribution is -0.137. The number of carbonyl (C=O) groups is 2. The summed E-state index contributed by atoms with van der Waals surface area (Å²) in [4.78, 5) is 21.6. The fourth-order valence-electron chi connectivity index (χ4n) is 1.73. The molecule has 104 valence electrons. The summed E-state index contributed by atoms with van der Waals surface area (Å²) in [7, 11) is 0. The summed E-state index contributed by atoms with van der Waals surface area (Å²) >= 11 is 0. The highest BCUT2D eigenvalue weighted by Crippen LogP contribution is 2.17. The van der Waals surface area contributed by atoms with Gasteiger partial charge in [-0.2, -0.15) is 0 Å². The lowest BCUT2D eigenvalue weighted by atomic mass is 9.94. The van der Waals surface area contributed by atoms with Gasteiger partial charge in [0.15, 0.2) is 0 Å². The second-order valence-electron chi connectivity index (χ2n) is 4.19. The Morgan fingerprint density at radius 3 is 2.67 bits per heavy atom. The van der Waals surface area contributed by atoms with Gasteiger partial charge >= 0.3 is 12.1 Å². The molecule has 2 N–H and O–H groups in total. The molecule has 1 amide bonds. The number of hydrogen-bond acceptors (Lipinski definition) is 3. The summed E-state index contributed by atoms with van der Waals surface area (Å²) in [5, 5.41) is 11.3. The predicted octanol–water partition coefficient (Wildman–Crippen LogP) is 2.57. The average Bonchev–Trinajstić information content (AvgIpc) is 2.33. The quantitative estimate of drug-likeness (QED) is 0.590. The van der Waals surface area contributed by atoms with E-state index >= 15 is 0 Å². The van der Waals surface area contributed by atoms with Gasteiger partial charge in [0.1, 0.15) is 6.61 Å². The molecule has 0 aromatic rings. The second-order valence-corrected chi connectivity index (χ2v) is 4.19. The van der Waals surface area contributed by atoms with Gasteiger partial charge in [0.05, 0.1) is 0 Å². The van der Waals surface area contributed by atoms with Gasteiger partial charge in [-0.05, 0) is 18.8 Å². The minimum atomic E-state index is -0.769. The highest BCUT2D eigenvalue weighted by atomic mass is 16.5. The van der Waals surface area contributed by atoms with Crippen LogP contribution in [0.3, 0.4) is 0 Å². The van der Waals surface area contributed by atoms with E-state index in [2.05, 4.69) is 18.8 Å². The molecule has 0 aromatic heterocycles. The van der Waals surface area contributed by atoms with Gasteiger partial charge in [0, 0.05) is 13.0 Å². The molecule has 0 aromatic carbocycles. The van der Waals surface area contributed by atoms with Gasteiger partial charge in [0.2, 0.25) is 0 Å². The summed E-state index contributed by atoms with van der Waals surface area (Å²) in [6, 6.07) is 0. The fraction of sp³-hybridized carbons (Fsp3) is 0.692. The standard InChI is InChI=1S/C13H23NO4/c1-3-5-11(6-7-12(15)16)8-9-14-13(17)18-10-4-2/h4,11H,2-3,5-10H2,1H3,(H,14,17)(H,15,16). The maximum absolute atomic E-state index is 11.1. The Balaban J connectivity index is 3.77. The van der Waals surface area contributed by atoms with Crippen molar-refractivity contribution < 1.29 is 19.4 Å². The molecule has 0 spiro atoms. The van der Waals surface area contributed by atoms with Crippen LogP contribution < -0.4 is 5.32 Å². The van der Waals surface area contributed by atoms with Crippen molar-refractivity contribution in [2.45, 2.75) is 39.0 Å². The normalized spacial score (nSPS) is 11.6. The molecule has 0 aliphatic rings. The van der Waals surface area contributed by atoms with E-state index in [0.29, 0.717) is 18.9 Å². The first-order valence-electron chi connectivity index (χ1n) is 6.33. The van der Waals surface area contributed by atoms with Crippen molar-refractivity contribution in [1.29, 1.82) is 0 Å². The van der Waals surface area contributed by atoms with Crippen LogP contribution in [-0.2, 0) is 9.53 Å². The van der Waals surface area contributed by atoms with Crippen LogP contribution in [0.5, 0.6) is 0 Å². The van der Waals surface area contributed by atoms with E-state index in [4.69, 9.17) is 9.84 Å². The summed E-state index contributed by atoms with van der Waals surface area (Å²) in [5.74, 6) is -0.430. The number of carboxylic acids is 1. The van der Waals surface area contributed by atoms with E-state index in [1.165, 1.54) is 6.08 Å². The smallest absolute Gasteiger partial charge is 0.407 e. The zero-order valence-corrected chi connectivity index (χ0v) is 11.0. The lowest BCUT2D eigenvalue weighted by Gasteiger charge is -2.15. The topological polar surface area (TPSA) is 75.6 Å². The second kappa shape index (κ2) is 10.6. The largest absolute Gasteiger partial charge is 0.481 e. The summed E-state index contributed by atoms with van der Waals surface area (Å²) in [5.41, 5.74) is 0. The van der Waals surface area contributed by atoms with Crippen LogP contribution >= 0.6 is 0 Å². The van der Waals surface area contributed by atoms with E-state index in [9.17, 15) is 9.59 Å². The van der Waals surface area contributed by atoms with E-state index < -0.39 is 12.1 Å². The number of carboxylic acid groups (broad SMARTS) is 1. The average molecular weight is 257 g/mol. The molecule has 5 heteroatoms. The highest BCUT2D eigenvalue weighted by Gasteiger charge is 2.10. The zero-order chi connectivity index (χ0) is 13.8. The molecule has 1 atom stereocenters. The van der Waals surface area contributed by atoms with Gasteiger partial charge in [-0.3, -0.25) is 4.79 Å². The highest BCUT2D eigenvalue weighted by molar-refractivity contribution is 5.67. The lowest BCUT2D eigenvalue weighted by Crippen LogP contribution is -2.26. The van der Waals surface area contributed by atoms with Gasteiger partial charge in [-0.1, -0.05) is 32.4 Å². The Morgan fingerprint density at radius 2 is 2.11 bits per heavy atom. The Hall–Kier alpha value is -1.52. The van der Waals surface area contributed by atoms with E-state index in [-0.39, 0.29) is 13.0 Å². The third-order valence-electron chi connectivity index (χ3n) is 2.62. The minimum absolute atomic E-state index is 0.186. The molecular weight excluding hydrogens is 234 g/mol. The molecule has 0 rings (SSSR count). The van der Waals surface area contributed by atoms with Crippen molar-refractivity contribution in [1.82, 2.24) is 5.32 Å². The molecule has 5 nitrogen and oxygen atoms in total. The van der Waals surface area contributed by atoms with Crippen LogP contribution in [-0.4, -0.2) is 30.3 Å². The Kier molecular flexibility index (Phi) is 9.73. The number of aliphatic carboxylic acids is 1. The minimum Gasteiger partial charge on any atom is -0.481 e. The van der Waals surface area contributed by atoms with Gasteiger partial charge in [-0.15, -0.1) is 0 Å². The third-order valence-corrected chi connectivity index (χ3v) is 2.62. The SMILES string of the molecule is C=CCOC(=O)NCCC(CCC)CCC(=O)O. The molecule has 0 heterocycles. The monoisotopic (exact) mass is 257 g/mol. The summed E-state index contributed by atoms with van der Waals surface area (Å²) in [6.07, 6.45) is 4.68. The summed E-state index contributed by atoms with van der Waals surface area (Å²) in [6.45, 7) is 6.23. The first-order valence-corrected chi connectivity index (χ1v) is 6.33. The van der Waals surface area contributed by atoms with Crippen molar-refractivity contribution in [3.05, 3.63) is 12.7 Å². The van der Waals surface area contributed by atoms with Crippen molar-refractivity contribution in [3.63, 3.8) is 0 Å². The Morgan fingerprint density at radius 1 is 1.39 bits per heavy atom. The summed E-state index contributed by atoms with van der Waals surface area (Å²) < 4.78 is 4.77. The van der Waals surface area contributed by atoms with E-state index in [1.807, 2.05) is 0 Å². The van der Waals surface area contributed by atoms with E-state index in [0.717, 1.165) is 19.3 Å². The number of hydrogen-bond donors (Lipinski definition) is 2. The first kappa shape index (κ1) is 16.5. The van der Waals surface area contributed by atoms with E-state index in [1.54, 1.807) is 0 Å². The molecule has 0 fully saturated rings. The van der Waals surface area contributed by atoms with Crippen LogP contribution in [0.2, 0.25) is 0 Å². The van der Waals surface area contributed by atoms with Crippen LogP contribution in [0.1, 0.15) is 39.0 Å². The molecule has 1 unspecified atom stereocenters. The molecule has 18 heavy (non-hydrogen) atoms. The number of alkyl carbamates (subject to hydrolysis) is 1. The maximum atomic E-state index is 11.1. The Labute approximate surface area is 108 Å². The van der Waals surface area contributed by atoms with Crippen molar-refractivity contribution in [2.75, 3.05) is 13.2 Å². The van der Waals surface area contributed by atoms with Crippen LogP contribution in [0.15, 0.2) is 12.7 Å². The molecule has 0 bridgehead atoms. The predicted molar refractivity (Wildman–Crippen MR) is 69.4 cm³/mol. The first-order chi connectivity index (χ1) is 8.60. The molecule has 0 saturated heterocycles. The van der Waals surface area contributed by atoms with Gasteiger partial charge in [0.25, 0.3) is 0 Å². The number of nitrogens with one attached hydrogen (secondary N) is 1. The third kappa shape index (κ3) is 9.69. The maximum Gasteiger partial charge on any atom is 0.407 e. The number of ether oxygens (including phenoxy) is 1.